The van der Waals surface area contributed by atoms with Crippen LogP contribution in [-0.2, 0) is 11.3 Å². The molecule has 128 valence electrons. The molecule has 0 aliphatic carbocycles. The smallest absolute Gasteiger partial charge is 0.245 e. The Balaban J connectivity index is 1.72. The number of nitrogens with one attached hydrogen (secondary N) is 1. The maximum atomic E-state index is 12.5. The van der Waals surface area contributed by atoms with Gasteiger partial charge in [-0.3, -0.25) is 9.36 Å². The molecule has 1 N–H and O–H groups in total. The molecule has 0 saturated carbocycles. The normalized spacial score (nSPS) is 10.8. The predicted molar refractivity (Wildman–Crippen MR) is 104 cm³/mol. The molecule has 3 heterocycles. The fourth-order valence-electron chi connectivity index (χ4n) is 2.69. The Morgan fingerprint density at radius 2 is 1.81 bits per heavy atom. The van der Waals surface area contributed by atoms with Crippen LogP contribution in [0.25, 0.3) is 22.6 Å². The maximum absolute atomic E-state index is 12.5. The zero-order chi connectivity index (χ0) is 17.9. The largest absolute Gasteiger partial charge is 0.309 e. The van der Waals surface area contributed by atoms with Crippen LogP contribution in [-0.4, -0.2) is 25.4 Å². The van der Waals surface area contributed by atoms with Gasteiger partial charge in [0.05, 0.1) is 0 Å². The minimum absolute atomic E-state index is 0.0927. The number of hydrogen-bond acceptors (Lipinski definition) is 4. The second-order valence-electron chi connectivity index (χ2n) is 5.64. The van der Waals surface area contributed by atoms with Gasteiger partial charge in [-0.25, -0.2) is 15.0 Å². The van der Waals surface area contributed by atoms with Crippen molar-refractivity contribution < 1.29 is 4.79 Å². The average molecular weight is 408 g/mol. The summed E-state index contributed by atoms with van der Waals surface area (Å²) in [6, 6.07) is 16.9. The third-order valence-corrected chi connectivity index (χ3v) is 4.37. The summed E-state index contributed by atoms with van der Waals surface area (Å²) in [5.41, 5.74) is 2.33. The van der Waals surface area contributed by atoms with Crippen LogP contribution in [0, 0.1) is 0 Å². The summed E-state index contributed by atoms with van der Waals surface area (Å²) in [6.07, 6.45) is 3.33. The number of imidazole rings is 1. The van der Waals surface area contributed by atoms with E-state index in [1.807, 2.05) is 47.0 Å². The summed E-state index contributed by atoms with van der Waals surface area (Å²) in [5.74, 6) is 1.02. The van der Waals surface area contributed by atoms with Gasteiger partial charge >= 0.3 is 0 Å². The Kier molecular flexibility index (Phi) is 4.45. The highest BCUT2D eigenvalue weighted by molar-refractivity contribution is 9.10. The number of fused-ring (bicyclic) bond motifs is 1. The van der Waals surface area contributed by atoms with E-state index in [2.05, 4.69) is 36.2 Å². The van der Waals surface area contributed by atoms with Crippen LogP contribution in [0.4, 0.5) is 5.82 Å². The highest BCUT2D eigenvalue weighted by Gasteiger charge is 2.16. The molecule has 26 heavy (non-hydrogen) atoms. The Bertz CT molecular complexity index is 1060. The van der Waals surface area contributed by atoms with Gasteiger partial charge in [-0.2, -0.15) is 0 Å². The van der Waals surface area contributed by atoms with Gasteiger partial charge in [0.15, 0.2) is 5.65 Å². The molecule has 0 aliphatic rings. The molecule has 0 fully saturated rings. The number of halogens is 1. The van der Waals surface area contributed by atoms with Crippen molar-refractivity contribution in [2.45, 2.75) is 6.54 Å². The fraction of sp³-hybridized carbons (Fsp3) is 0.0526. The summed E-state index contributed by atoms with van der Waals surface area (Å²) in [5, 5.41) is 2.80. The molecule has 0 atom stereocenters. The number of hydrogen-bond donors (Lipinski definition) is 1. The summed E-state index contributed by atoms with van der Waals surface area (Å²) in [4.78, 5) is 25.7. The molecule has 1 amide bonds. The first-order chi connectivity index (χ1) is 12.7. The molecule has 0 bridgehead atoms. The first-order valence-electron chi connectivity index (χ1n) is 7.99. The lowest BCUT2D eigenvalue weighted by molar-refractivity contribution is -0.116. The van der Waals surface area contributed by atoms with E-state index < -0.39 is 0 Å². The molecule has 1 aromatic carbocycles. The van der Waals surface area contributed by atoms with Crippen LogP contribution >= 0.6 is 15.9 Å². The minimum Gasteiger partial charge on any atom is -0.309 e. The first-order valence-corrected chi connectivity index (χ1v) is 8.78. The van der Waals surface area contributed by atoms with E-state index in [1.54, 1.807) is 24.5 Å². The lowest BCUT2D eigenvalue weighted by atomic mass is 10.2. The van der Waals surface area contributed by atoms with E-state index in [-0.39, 0.29) is 12.5 Å². The van der Waals surface area contributed by atoms with Crippen molar-refractivity contribution in [3.63, 3.8) is 0 Å². The minimum atomic E-state index is -0.188. The molecule has 0 unspecified atom stereocenters. The Morgan fingerprint density at radius 3 is 2.58 bits per heavy atom. The van der Waals surface area contributed by atoms with E-state index >= 15 is 0 Å². The van der Waals surface area contributed by atoms with Crippen LogP contribution < -0.4 is 5.32 Å². The number of aromatic nitrogens is 4. The summed E-state index contributed by atoms with van der Waals surface area (Å²) < 4.78 is 2.80. The summed E-state index contributed by atoms with van der Waals surface area (Å²) in [6.45, 7) is 0.0927. The van der Waals surface area contributed by atoms with Gasteiger partial charge in [0.1, 0.15) is 23.7 Å². The van der Waals surface area contributed by atoms with Crippen LogP contribution in [0.15, 0.2) is 71.5 Å². The Labute approximate surface area is 158 Å². The monoisotopic (exact) mass is 407 g/mol. The molecule has 4 aromatic rings. The quantitative estimate of drug-likeness (QED) is 0.556. The van der Waals surface area contributed by atoms with Gasteiger partial charge in [0.2, 0.25) is 5.91 Å². The van der Waals surface area contributed by atoms with Crippen molar-refractivity contribution in [3.8, 4) is 11.4 Å². The maximum Gasteiger partial charge on any atom is 0.245 e. The molecule has 4 rings (SSSR count). The number of carbonyl (C=O) groups is 1. The number of benzene rings is 1. The highest BCUT2D eigenvalue weighted by Crippen LogP contribution is 2.25. The number of nitrogens with zero attached hydrogens (tertiary/aromatic N) is 4. The number of carbonyl (C=O) groups excluding carboxylic acids is 1. The van der Waals surface area contributed by atoms with Crippen LogP contribution in [0.5, 0.6) is 0 Å². The molecular formula is C19H14BrN5O. The SMILES string of the molecule is O=C(Cn1c(-c2ccc(Br)cc2)nc2cccnc21)Nc1ccccn1. The fourth-order valence-corrected chi connectivity index (χ4v) is 2.95. The molecule has 0 aliphatic heterocycles. The molecular weight excluding hydrogens is 394 g/mol. The van der Waals surface area contributed by atoms with Crippen LogP contribution in [0.2, 0.25) is 0 Å². The molecule has 7 heteroatoms. The second kappa shape index (κ2) is 7.05. The van der Waals surface area contributed by atoms with Gasteiger partial charge in [-0.15, -0.1) is 0 Å². The molecule has 3 aromatic heterocycles. The molecule has 0 saturated heterocycles. The van der Waals surface area contributed by atoms with Crippen molar-refractivity contribution >= 4 is 38.8 Å². The van der Waals surface area contributed by atoms with E-state index in [9.17, 15) is 4.79 Å². The zero-order valence-corrected chi connectivity index (χ0v) is 15.2. The van der Waals surface area contributed by atoms with E-state index in [4.69, 9.17) is 0 Å². The van der Waals surface area contributed by atoms with E-state index in [0.29, 0.717) is 17.3 Å². The summed E-state index contributed by atoms with van der Waals surface area (Å²) in [7, 11) is 0. The zero-order valence-electron chi connectivity index (χ0n) is 13.6. The topological polar surface area (TPSA) is 72.7 Å². The van der Waals surface area contributed by atoms with Gasteiger partial charge < -0.3 is 5.32 Å². The van der Waals surface area contributed by atoms with Gasteiger partial charge in [0.25, 0.3) is 0 Å². The van der Waals surface area contributed by atoms with Gasteiger partial charge in [-0.05, 0) is 36.4 Å². The van der Waals surface area contributed by atoms with Crippen molar-refractivity contribution in [1.29, 1.82) is 0 Å². The standard InChI is InChI=1S/C19H14BrN5O/c20-14-8-6-13(7-9-14)18-23-15-4-3-11-22-19(15)25(18)12-17(26)24-16-5-1-2-10-21-16/h1-11H,12H2,(H,21,24,26). The van der Waals surface area contributed by atoms with Gasteiger partial charge in [0, 0.05) is 22.4 Å². The van der Waals surface area contributed by atoms with E-state index in [0.717, 1.165) is 15.6 Å². The number of anilines is 1. The molecule has 0 radical (unpaired) electrons. The third kappa shape index (κ3) is 3.34. The Morgan fingerprint density at radius 1 is 1.00 bits per heavy atom. The molecule has 0 spiro atoms. The van der Waals surface area contributed by atoms with Crippen molar-refractivity contribution in [2.24, 2.45) is 0 Å². The number of amides is 1. The van der Waals surface area contributed by atoms with Crippen molar-refractivity contribution in [2.75, 3.05) is 5.32 Å². The predicted octanol–water partition coefficient (Wildman–Crippen LogP) is 3.89. The second-order valence-corrected chi connectivity index (χ2v) is 6.55. The average Bonchev–Trinajstić information content (AvgIpc) is 3.02. The summed E-state index contributed by atoms with van der Waals surface area (Å²) >= 11 is 3.44. The van der Waals surface area contributed by atoms with Crippen molar-refractivity contribution in [1.82, 2.24) is 19.5 Å². The lowest BCUT2D eigenvalue weighted by Gasteiger charge is -2.09. The third-order valence-electron chi connectivity index (χ3n) is 3.84. The van der Waals surface area contributed by atoms with Gasteiger partial charge in [-0.1, -0.05) is 34.1 Å². The Hall–Kier alpha value is -3.06. The first kappa shape index (κ1) is 16.4. The van der Waals surface area contributed by atoms with Crippen LogP contribution in [0.3, 0.4) is 0 Å². The van der Waals surface area contributed by atoms with Crippen molar-refractivity contribution in [3.05, 3.63) is 71.5 Å². The molecule has 6 nitrogen and oxygen atoms in total. The van der Waals surface area contributed by atoms with E-state index in [1.165, 1.54) is 0 Å². The number of rotatable bonds is 4. The van der Waals surface area contributed by atoms with Crippen LogP contribution in [0.1, 0.15) is 0 Å². The number of pyridine rings is 2. The lowest BCUT2D eigenvalue weighted by Crippen LogP contribution is -2.20. The highest BCUT2D eigenvalue weighted by atomic mass is 79.9.